The number of benzene rings is 1. The third kappa shape index (κ3) is 4.20. The van der Waals surface area contributed by atoms with Crippen molar-refractivity contribution in [1.82, 2.24) is 20.0 Å². The van der Waals surface area contributed by atoms with Crippen molar-refractivity contribution in [2.24, 2.45) is 0 Å². The maximum absolute atomic E-state index is 13.3. The number of rotatable bonds is 5. The zero-order valence-corrected chi connectivity index (χ0v) is 17.7. The Morgan fingerprint density at radius 1 is 1.23 bits per heavy atom. The van der Waals surface area contributed by atoms with Crippen molar-refractivity contribution >= 4 is 11.9 Å². The van der Waals surface area contributed by atoms with E-state index in [4.69, 9.17) is 9.51 Å². The monoisotopic (exact) mass is 405 g/mol. The largest absolute Gasteiger partial charge is 0.356 e. The van der Waals surface area contributed by atoms with Gasteiger partial charge in [0, 0.05) is 32.9 Å². The van der Waals surface area contributed by atoms with E-state index < -0.39 is 0 Å². The SMILES string of the molecule is Cc1cc(-c2cnc(N(C)C)nc2[C@@H]2CCCCN2C(=O)Cc2ccccc2)on1. The predicted octanol–water partition coefficient (Wildman–Crippen LogP) is 3.80. The molecule has 0 spiro atoms. The van der Waals surface area contributed by atoms with Gasteiger partial charge in [-0.1, -0.05) is 35.5 Å². The van der Waals surface area contributed by atoms with E-state index in [2.05, 4.69) is 10.1 Å². The smallest absolute Gasteiger partial charge is 0.227 e. The van der Waals surface area contributed by atoms with Gasteiger partial charge in [0.15, 0.2) is 5.76 Å². The molecule has 1 aromatic carbocycles. The van der Waals surface area contributed by atoms with E-state index in [9.17, 15) is 4.79 Å². The van der Waals surface area contributed by atoms with Gasteiger partial charge in [0.2, 0.25) is 11.9 Å². The second kappa shape index (κ2) is 8.65. The first-order valence-corrected chi connectivity index (χ1v) is 10.3. The lowest BCUT2D eigenvalue weighted by molar-refractivity contribution is -0.134. The van der Waals surface area contributed by atoms with Crippen LogP contribution in [0.25, 0.3) is 11.3 Å². The van der Waals surface area contributed by atoms with Crippen LogP contribution in [0.1, 0.15) is 42.3 Å². The Hall–Kier alpha value is -3.22. The van der Waals surface area contributed by atoms with Gasteiger partial charge in [-0.05, 0) is 31.7 Å². The Bertz CT molecular complexity index is 1020. The molecule has 1 amide bonds. The Balaban J connectivity index is 1.72. The van der Waals surface area contributed by atoms with Gasteiger partial charge in [0.25, 0.3) is 0 Å². The molecule has 4 rings (SSSR count). The van der Waals surface area contributed by atoms with Crippen LogP contribution in [-0.2, 0) is 11.2 Å². The number of anilines is 1. The number of hydrogen-bond acceptors (Lipinski definition) is 6. The van der Waals surface area contributed by atoms with Gasteiger partial charge in [-0.3, -0.25) is 4.79 Å². The maximum atomic E-state index is 13.3. The molecule has 0 saturated carbocycles. The standard InChI is InChI=1S/C23H27N5O2/c1-16-13-20(30-26-16)18-15-24-23(27(2)3)25-22(18)19-11-7-8-12-28(19)21(29)14-17-9-5-4-6-10-17/h4-6,9-10,13,15,19H,7-8,11-12,14H2,1-3H3/t19-/m0/s1. The highest BCUT2D eigenvalue weighted by atomic mass is 16.5. The molecule has 7 heteroatoms. The van der Waals surface area contributed by atoms with Crippen LogP contribution in [0, 0.1) is 6.92 Å². The first-order valence-electron chi connectivity index (χ1n) is 10.3. The summed E-state index contributed by atoms with van der Waals surface area (Å²) in [7, 11) is 3.83. The fourth-order valence-corrected chi connectivity index (χ4v) is 3.92. The summed E-state index contributed by atoms with van der Waals surface area (Å²) >= 11 is 0. The molecule has 0 radical (unpaired) electrons. The molecule has 3 heterocycles. The fourth-order valence-electron chi connectivity index (χ4n) is 3.92. The highest BCUT2D eigenvalue weighted by molar-refractivity contribution is 5.79. The summed E-state index contributed by atoms with van der Waals surface area (Å²) in [6.07, 6.45) is 5.09. The molecule has 0 N–H and O–H groups in total. The first kappa shape index (κ1) is 20.1. The third-order valence-electron chi connectivity index (χ3n) is 5.44. The summed E-state index contributed by atoms with van der Waals surface area (Å²) in [6, 6.07) is 11.7. The number of likely N-dealkylation sites (tertiary alicyclic amines) is 1. The van der Waals surface area contributed by atoms with Crippen LogP contribution in [0.2, 0.25) is 0 Å². The van der Waals surface area contributed by atoms with Crippen LogP contribution < -0.4 is 4.90 Å². The number of nitrogens with zero attached hydrogens (tertiary/aromatic N) is 5. The molecule has 0 unspecified atom stereocenters. The highest BCUT2D eigenvalue weighted by Crippen LogP contribution is 2.36. The van der Waals surface area contributed by atoms with Crippen molar-refractivity contribution in [2.45, 2.75) is 38.6 Å². The Morgan fingerprint density at radius 2 is 2.03 bits per heavy atom. The molecule has 0 bridgehead atoms. The molecular weight excluding hydrogens is 378 g/mol. The van der Waals surface area contributed by atoms with E-state index in [-0.39, 0.29) is 11.9 Å². The fraction of sp³-hybridized carbons (Fsp3) is 0.391. The van der Waals surface area contributed by atoms with Crippen LogP contribution in [0.3, 0.4) is 0 Å². The second-order valence-corrected chi connectivity index (χ2v) is 7.96. The van der Waals surface area contributed by atoms with Crippen molar-refractivity contribution in [3.63, 3.8) is 0 Å². The molecule has 1 fully saturated rings. The molecule has 1 aliphatic heterocycles. The molecule has 1 saturated heterocycles. The zero-order chi connectivity index (χ0) is 21.1. The topological polar surface area (TPSA) is 75.4 Å². The minimum absolute atomic E-state index is 0.114. The van der Waals surface area contributed by atoms with E-state index in [0.29, 0.717) is 18.1 Å². The summed E-state index contributed by atoms with van der Waals surface area (Å²) in [5.41, 5.74) is 3.44. The molecule has 1 aliphatic rings. The van der Waals surface area contributed by atoms with Gasteiger partial charge in [-0.25, -0.2) is 9.97 Å². The first-order chi connectivity index (χ1) is 14.5. The van der Waals surface area contributed by atoms with Gasteiger partial charge in [-0.15, -0.1) is 0 Å². The molecule has 2 aromatic heterocycles. The number of amides is 1. The number of aryl methyl sites for hydroxylation is 1. The molecule has 0 aliphatic carbocycles. The van der Waals surface area contributed by atoms with E-state index in [1.165, 1.54) is 0 Å². The van der Waals surface area contributed by atoms with Gasteiger partial charge in [-0.2, -0.15) is 0 Å². The quantitative estimate of drug-likeness (QED) is 0.643. The summed E-state index contributed by atoms with van der Waals surface area (Å²) < 4.78 is 5.53. The van der Waals surface area contributed by atoms with Gasteiger partial charge < -0.3 is 14.3 Å². The van der Waals surface area contributed by atoms with Crippen molar-refractivity contribution in [3.8, 4) is 11.3 Å². The summed E-state index contributed by atoms with van der Waals surface area (Å²) in [5.74, 6) is 1.37. The average Bonchev–Trinajstić information content (AvgIpc) is 3.20. The van der Waals surface area contributed by atoms with E-state index in [1.807, 2.05) is 67.2 Å². The highest BCUT2D eigenvalue weighted by Gasteiger charge is 2.32. The summed E-state index contributed by atoms with van der Waals surface area (Å²) in [5, 5.41) is 4.03. The van der Waals surface area contributed by atoms with Crippen molar-refractivity contribution in [1.29, 1.82) is 0 Å². The maximum Gasteiger partial charge on any atom is 0.227 e. The zero-order valence-electron chi connectivity index (χ0n) is 17.7. The number of hydrogen-bond donors (Lipinski definition) is 0. The van der Waals surface area contributed by atoms with Crippen LogP contribution in [0.4, 0.5) is 5.95 Å². The van der Waals surface area contributed by atoms with Gasteiger partial charge in [0.1, 0.15) is 0 Å². The summed E-state index contributed by atoms with van der Waals surface area (Å²) in [6.45, 7) is 2.62. The number of piperidine rings is 1. The third-order valence-corrected chi connectivity index (χ3v) is 5.44. The molecule has 30 heavy (non-hydrogen) atoms. The Labute approximate surface area is 176 Å². The van der Waals surface area contributed by atoms with Gasteiger partial charge in [0.05, 0.1) is 29.4 Å². The van der Waals surface area contributed by atoms with Crippen LogP contribution in [0.5, 0.6) is 0 Å². The van der Waals surface area contributed by atoms with Crippen LogP contribution in [-0.4, -0.2) is 46.6 Å². The number of carbonyl (C=O) groups is 1. The lowest BCUT2D eigenvalue weighted by Crippen LogP contribution is -2.40. The van der Waals surface area contributed by atoms with E-state index >= 15 is 0 Å². The van der Waals surface area contributed by atoms with Crippen LogP contribution >= 0.6 is 0 Å². The van der Waals surface area contributed by atoms with E-state index in [1.54, 1.807) is 6.20 Å². The number of carbonyl (C=O) groups excluding carboxylic acids is 1. The van der Waals surface area contributed by atoms with Crippen molar-refractivity contribution in [2.75, 3.05) is 25.5 Å². The lowest BCUT2D eigenvalue weighted by Gasteiger charge is -2.36. The molecule has 7 nitrogen and oxygen atoms in total. The molecular formula is C23H27N5O2. The minimum atomic E-state index is -0.114. The van der Waals surface area contributed by atoms with Crippen LogP contribution in [0.15, 0.2) is 47.1 Å². The second-order valence-electron chi connectivity index (χ2n) is 7.96. The Morgan fingerprint density at radius 3 is 2.73 bits per heavy atom. The summed E-state index contributed by atoms with van der Waals surface area (Å²) in [4.78, 5) is 26.4. The van der Waals surface area contributed by atoms with Gasteiger partial charge >= 0.3 is 0 Å². The lowest BCUT2D eigenvalue weighted by atomic mass is 9.95. The normalized spacial score (nSPS) is 16.5. The minimum Gasteiger partial charge on any atom is -0.356 e. The Kier molecular flexibility index (Phi) is 5.79. The molecule has 1 atom stereocenters. The predicted molar refractivity (Wildman–Crippen MR) is 115 cm³/mol. The average molecular weight is 406 g/mol. The molecule has 3 aromatic rings. The van der Waals surface area contributed by atoms with Crippen molar-refractivity contribution in [3.05, 3.63) is 59.5 Å². The number of aromatic nitrogens is 3. The van der Waals surface area contributed by atoms with Crippen molar-refractivity contribution < 1.29 is 9.32 Å². The molecule has 156 valence electrons. The van der Waals surface area contributed by atoms with E-state index in [0.717, 1.165) is 48.3 Å².